The highest BCUT2D eigenvalue weighted by Crippen LogP contribution is 2.13. The van der Waals surface area contributed by atoms with Gasteiger partial charge in [-0.05, 0) is 26.1 Å². The fourth-order valence-electron chi connectivity index (χ4n) is 1.05. The summed E-state index contributed by atoms with van der Waals surface area (Å²) in [4.78, 5) is 21.9. The summed E-state index contributed by atoms with van der Waals surface area (Å²) in [6, 6.07) is 0. The van der Waals surface area contributed by atoms with Crippen molar-refractivity contribution >= 4 is 11.8 Å². The summed E-state index contributed by atoms with van der Waals surface area (Å²) >= 11 is 0. The lowest BCUT2D eigenvalue weighted by Crippen LogP contribution is -2.23. The Hall–Kier alpha value is -1.79. The number of carbonyl (C=O) groups is 2. The molecule has 0 fully saturated rings. The van der Waals surface area contributed by atoms with Gasteiger partial charge in [-0.2, -0.15) is 13.2 Å². The van der Waals surface area contributed by atoms with Crippen LogP contribution in [-0.2, 0) is 9.59 Å². The molecule has 0 saturated carbocycles. The molecule has 0 aromatic carbocycles. The van der Waals surface area contributed by atoms with Gasteiger partial charge < -0.3 is 10.0 Å². The second-order valence-corrected chi connectivity index (χ2v) is 3.46. The molecule has 0 aromatic heterocycles. The lowest BCUT2D eigenvalue weighted by Gasteiger charge is -2.21. The van der Waals surface area contributed by atoms with Gasteiger partial charge in [0.2, 0.25) is 0 Å². The summed E-state index contributed by atoms with van der Waals surface area (Å²) in [5.41, 5.74) is 0.898. The van der Waals surface area contributed by atoms with Crippen LogP contribution in [0.25, 0.3) is 0 Å². The number of nitrogens with zero attached hydrogens (tertiary/aromatic N) is 1. The van der Waals surface area contributed by atoms with E-state index in [-0.39, 0.29) is 5.78 Å². The van der Waals surface area contributed by atoms with E-state index >= 15 is 0 Å². The van der Waals surface area contributed by atoms with E-state index in [1.807, 2.05) is 18.4 Å². The van der Waals surface area contributed by atoms with E-state index in [9.17, 15) is 18.0 Å². The summed E-state index contributed by atoms with van der Waals surface area (Å²) < 4.78 is 31.7. The first kappa shape index (κ1) is 16.2. The molecule has 0 bridgehead atoms. The van der Waals surface area contributed by atoms with Crippen molar-refractivity contribution in [2.24, 2.45) is 0 Å². The molecule has 1 aliphatic heterocycles. The molecule has 0 aliphatic carbocycles. The smallest absolute Gasteiger partial charge is 0.475 e. The van der Waals surface area contributed by atoms with E-state index in [0.717, 1.165) is 18.7 Å². The van der Waals surface area contributed by atoms with Crippen LogP contribution in [0.1, 0.15) is 13.8 Å². The third-order valence-corrected chi connectivity index (χ3v) is 2.07. The van der Waals surface area contributed by atoms with Crippen molar-refractivity contribution in [3.8, 4) is 0 Å². The minimum atomic E-state index is -5.08. The SMILES string of the molecule is CCN1C=CC=C(C(C)=O)C1.O=C(O)C(F)(F)F. The lowest BCUT2D eigenvalue weighted by atomic mass is 10.1. The molecule has 102 valence electrons. The third-order valence-electron chi connectivity index (χ3n) is 2.07. The molecule has 0 atom stereocenters. The number of ketones is 1. The molecule has 1 rings (SSSR count). The molecule has 0 spiro atoms. The summed E-state index contributed by atoms with van der Waals surface area (Å²) in [6.07, 6.45) is 0.727. The topological polar surface area (TPSA) is 57.6 Å². The Kier molecular flexibility index (Phi) is 6.15. The van der Waals surface area contributed by atoms with Crippen LogP contribution in [0.5, 0.6) is 0 Å². The van der Waals surface area contributed by atoms with E-state index in [4.69, 9.17) is 9.90 Å². The molecule has 4 nitrogen and oxygen atoms in total. The van der Waals surface area contributed by atoms with Gasteiger partial charge in [-0.3, -0.25) is 4.79 Å². The monoisotopic (exact) mass is 265 g/mol. The summed E-state index contributed by atoms with van der Waals surface area (Å²) in [5, 5.41) is 7.12. The Labute approximate surface area is 102 Å². The van der Waals surface area contributed by atoms with Crippen LogP contribution in [0.3, 0.4) is 0 Å². The highest BCUT2D eigenvalue weighted by molar-refractivity contribution is 5.94. The Morgan fingerprint density at radius 3 is 2.28 bits per heavy atom. The number of allylic oxidation sites excluding steroid dienone is 2. The van der Waals surface area contributed by atoms with Crippen LogP contribution in [0.2, 0.25) is 0 Å². The maximum Gasteiger partial charge on any atom is 0.490 e. The zero-order valence-corrected chi connectivity index (χ0v) is 9.99. The number of carboxylic acid groups (broad SMARTS) is 1. The van der Waals surface area contributed by atoms with Gasteiger partial charge in [0.15, 0.2) is 5.78 Å². The molecular formula is C11H14F3NO3. The van der Waals surface area contributed by atoms with Crippen molar-refractivity contribution in [1.82, 2.24) is 4.90 Å². The van der Waals surface area contributed by atoms with E-state index in [2.05, 4.69) is 11.8 Å². The maximum atomic E-state index is 10.9. The number of alkyl halides is 3. The lowest BCUT2D eigenvalue weighted by molar-refractivity contribution is -0.192. The van der Waals surface area contributed by atoms with E-state index in [1.165, 1.54) is 0 Å². The predicted molar refractivity (Wildman–Crippen MR) is 58.8 cm³/mol. The first-order valence-electron chi connectivity index (χ1n) is 5.11. The molecule has 0 radical (unpaired) electrons. The maximum absolute atomic E-state index is 10.9. The number of carboxylic acids is 1. The minimum absolute atomic E-state index is 0.174. The number of likely N-dealkylation sites (N-methyl/N-ethyl adjacent to an activating group) is 1. The predicted octanol–water partition coefficient (Wildman–Crippen LogP) is 1.98. The van der Waals surface area contributed by atoms with Crippen LogP contribution in [0, 0.1) is 0 Å². The number of aliphatic carboxylic acids is 1. The van der Waals surface area contributed by atoms with Crippen molar-refractivity contribution in [3.05, 3.63) is 23.9 Å². The van der Waals surface area contributed by atoms with Crippen LogP contribution >= 0.6 is 0 Å². The summed E-state index contributed by atoms with van der Waals surface area (Å²) in [5.74, 6) is -2.58. The Balaban J connectivity index is 0.000000360. The number of hydrogen-bond acceptors (Lipinski definition) is 3. The molecule has 0 saturated heterocycles. The molecular weight excluding hydrogens is 251 g/mol. The molecule has 1 aliphatic rings. The number of hydrogen-bond donors (Lipinski definition) is 1. The van der Waals surface area contributed by atoms with Gasteiger partial charge in [-0.25, -0.2) is 4.79 Å². The van der Waals surface area contributed by atoms with Crippen molar-refractivity contribution in [2.75, 3.05) is 13.1 Å². The second-order valence-electron chi connectivity index (χ2n) is 3.46. The molecule has 18 heavy (non-hydrogen) atoms. The minimum Gasteiger partial charge on any atom is -0.475 e. The highest BCUT2D eigenvalue weighted by Gasteiger charge is 2.38. The van der Waals surface area contributed by atoms with Crippen LogP contribution in [-0.4, -0.2) is 41.0 Å². The van der Waals surface area contributed by atoms with Crippen molar-refractivity contribution in [3.63, 3.8) is 0 Å². The van der Waals surface area contributed by atoms with Crippen molar-refractivity contribution in [1.29, 1.82) is 0 Å². The van der Waals surface area contributed by atoms with Crippen LogP contribution < -0.4 is 0 Å². The Bertz CT molecular complexity index is 372. The number of carbonyl (C=O) groups excluding carboxylic acids is 1. The number of Topliss-reactive ketones (excluding diaryl/α,β-unsaturated/α-hetero) is 1. The van der Waals surface area contributed by atoms with Gasteiger partial charge in [0.05, 0.1) is 0 Å². The van der Waals surface area contributed by atoms with E-state index in [1.54, 1.807) is 6.92 Å². The van der Waals surface area contributed by atoms with Gasteiger partial charge in [0.25, 0.3) is 0 Å². The average molecular weight is 265 g/mol. The van der Waals surface area contributed by atoms with Gasteiger partial charge >= 0.3 is 12.1 Å². The normalized spacial score (nSPS) is 14.5. The zero-order valence-electron chi connectivity index (χ0n) is 9.99. The number of halogens is 3. The largest absolute Gasteiger partial charge is 0.490 e. The Morgan fingerprint density at radius 2 is 1.94 bits per heavy atom. The van der Waals surface area contributed by atoms with Gasteiger partial charge in [0, 0.05) is 18.7 Å². The van der Waals surface area contributed by atoms with Crippen LogP contribution in [0.4, 0.5) is 13.2 Å². The molecule has 1 N–H and O–H groups in total. The molecule has 0 amide bonds. The van der Waals surface area contributed by atoms with Crippen molar-refractivity contribution < 1.29 is 27.9 Å². The molecule has 0 aromatic rings. The average Bonchev–Trinajstić information content (AvgIpc) is 2.28. The Morgan fingerprint density at radius 1 is 1.44 bits per heavy atom. The second kappa shape index (κ2) is 6.83. The first-order valence-corrected chi connectivity index (χ1v) is 5.11. The van der Waals surface area contributed by atoms with E-state index < -0.39 is 12.1 Å². The van der Waals surface area contributed by atoms with Crippen molar-refractivity contribution in [2.45, 2.75) is 20.0 Å². The summed E-state index contributed by atoms with van der Waals surface area (Å²) in [7, 11) is 0. The quantitative estimate of drug-likeness (QED) is 0.829. The molecule has 1 heterocycles. The van der Waals surface area contributed by atoms with Gasteiger partial charge in [-0.15, -0.1) is 0 Å². The van der Waals surface area contributed by atoms with E-state index in [0.29, 0.717) is 0 Å². The standard InChI is InChI=1S/C9H13NO.C2HF3O2/c1-3-10-6-4-5-9(7-10)8(2)11;3-2(4,5)1(6)7/h4-6H,3,7H2,1-2H3;(H,6,7). The fraction of sp³-hybridized carbons (Fsp3) is 0.455. The molecule has 0 unspecified atom stereocenters. The molecule has 7 heteroatoms. The fourth-order valence-corrected chi connectivity index (χ4v) is 1.05. The first-order chi connectivity index (χ1) is 8.18. The third kappa shape index (κ3) is 6.07. The highest BCUT2D eigenvalue weighted by atomic mass is 19.4. The zero-order chi connectivity index (χ0) is 14.3. The van der Waals surface area contributed by atoms with Crippen LogP contribution in [0.15, 0.2) is 23.9 Å². The number of rotatable bonds is 2. The van der Waals surface area contributed by atoms with Gasteiger partial charge in [0.1, 0.15) is 0 Å². The summed E-state index contributed by atoms with van der Waals surface area (Å²) in [6.45, 7) is 5.41. The van der Waals surface area contributed by atoms with Gasteiger partial charge in [-0.1, -0.05) is 6.08 Å².